The minimum atomic E-state index is 0.299. The Hall–Kier alpha value is -2.01. The smallest absolute Gasteiger partial charge is 0.232 e. The third-order valence-corrected chi connectivity index (χ3v) is 5.72. The van der Waals surface area contributed by atoms with E-state index in [1.807, 2.05) is 34.6 Å². The van der Waals surface area contributed by atoms with Gasteiger partial charge < -0.3 is 4.74 Å². The molecule has 0 atom stereocenters. The van der Waals surface area contributed by atoms with Crippen molar-refractivity contribution in [2.45, 2.75) is 62.2 Å². The number of ether oxygens (including phenoxy) is 1. The van der Waals surface area contributed by atoms with Crippen molar-refractivity contribution in [2.24, 2.45) is 0 Å². The Morgan fingerprint density at radius 3 is 2.54 bits per heavy atom. The van der Waals surface area contributed by atoms with Crippen LogP contribution in [0, 0.1) is 0 Å². The molecule has 3 aromatic rings. The number of nitrogens with zero attached hydrogens (tertiary/aromatic N) is 3. The highest BCUT2D eigenvalue weighted by molar-refractivity contribution is 7.99. The zero-order valence-corrected chi connectivity index (χ0v) is 16.2. The Bertz CT molecular complexity index is 867. The number of thioether (sulfide) groups is 1. The molecular weight excluding hydrogens is 342 g/mol. The third kappa shape index (κ3) is 3.88. The Morgan fingerprint density at radius 1 is 1.04 bits per heavy atom. The van der Waals surface area contributed by atoms with Gasteiger partial charge in [-0.1, -0.05) is 32.4 Å². The standard InChI is InChI=1S/C21H25N3OS/c1-15(2)26-18-10-8-16(9-11-18)19-14-22-20-12-13-21(23-24(19)20)25-17-6-4-3-5-7-17/h8-15,17H,3-7H2,1-2H3. The van der Waals surface area contributed by atoms with Gasteiger partial charge in [0.05, 0.1) is 11.9 Å². The molecule has 0 amide bonds. The Balaban J connectivity index is 1.59. The highest BCUT2D eigenvalue weighted by Crippen LogP contribution is 2.28. The third-order valence-electron chi connectivity index (χ3n) is 4.70. The fourth-order valence-electron chi connectivity index (χ4n) is 3.45. The van der Waals surface area contributed by atoms with Gasteiger partial charge in [0.25, 0.3) is 0 Å². The lowest BCUT2D eigenvalue weighted by molar-refractivity contribution is 0.147. The Kier molecular flexibility index (Phi) is 5.16. The van der Waals surface area contributed by atoms with Crippen LogP contribution in [0.25, 0.3) is 16.9 Å². The number of aromatic nitrogens is 3. The van der Waals surface area contributed by atoms with Crippen molar-refractivity contribution < 1.29 is 4.74 Å². The molecular formula is C21H25N3OS. The fourth-order valence-corrected chi connectivity index (χ4v) is 4.28. The number of fused-ring (bicyclic) bond motifs is 1. The zero-order valence-electron chi connectivity index (χ0n) is 15.4. The maximum absolute atomic E-state index is 6.12. The van der Waals surface area contributed by atoms with Crippen molar-refractivity contribution >= 4 is 17.4 Å². The molecule has 0 aliphatic heterocycles. The van der Waals surface area contributed by atoms with E-state index in [0.29, 0.717) is 17.2 Å². The predicted molar refractivity (Wildman–Crippen MR) is 107 cm³/mol. The van der Waals surface area contributed by atoms with E-state index in [1.165, 1.54) is 24.2 Å². The minimum Gasteiger partial charge on any atom is -0.473 e. The lowest BCUT2D eigenvalue weighted by Crippen LogP contribution is -2.20. The summed E-state index contributed by atoms with van der Waals surface area (Å²) in [4.78, 5) is 5.78. The van der Waals surface area contributed by atoms with Crippen molar-refractivity contribution in [1.29, 1.82) is 0 Å². The first-order chi connectivity index (χ1) is 12.7. The molecule has 2 aromatic heterocycles. The van der Waals surface area contributed by atoms with Crippen molar-refractivity contribution in [2.75, 3.05) is 0 Å². The van der Waals surface area contributed by atoms with Crippen LogP contribution in [0.4, 0.5) is 0 Å². The monoisotopic (exact) mass is 367 g/mol. The zero-order chi connectivity index (χ0) is 17.9. The summed E-state index contributed by atoms with van der Waals surface area (Å²) >= 11 is 1.87. The molecule has 26 heavy (non-hydrogen) atoms. The summed E-state index contributed by atoms with van der Waals surface area (Å²) < 4.78 is 8.02. The average Bonchev–Trinajstić information content (AvgIpc) is 3.06. The van der Waals surface area contributed by atoms with E-state index in [9.17, 15) is 0 Å². The maximum Gasteiger partial charge on any atom is 0.232 e. The molecule has 1 saturated carbocycles. The summed E-state index contributed by atoms with van der Waals surface area (Å²) in [6, 6.07) is 12.5. The quantitative estimate of drug-likeness (QED) is 0.550. The predicted octanol–water partition coefficient (Wildman–Crippen LogP) is 5.61. The molecule has 0 unspecified atom stereocenters. The summed E-state index contributed by atoms with van der Waals surface area (Å²) in [6.07, 6.45) is 8.28. The molecule has 136 valence electrons. The SMILES string of the molecule is CC(C)Sc1ccc(-c2cnc3ccc(OC4CCCCC4)nn23)cc1. The van der Waals surface area contributed by atoms with Gasteiger partial charge in [-0.3, -0.25) is 0 Å². The molecule has 1 aromatic carbocycles. The molecule has 0 N–H and O–H groups in total. The number of rotatable bonds is 5. The van der Waals surface area contributed by atoms with Gasteiger partial charge in [-0.05, 0) is 43.9 Å². The van der Waals surface area contributed by atoms with Crippen LogP contribution in [-0.2, 0) is 0 Å². The Morgan fingerprint density at radius 2 is 1.81 bits per heavy atom. The van der Waals surface area contributed by atoms with Gasteiger partial charge in [0.15, 0.2) is 5.65 Å². The highest BCUT2D eigenvalue weighted by Gasteiger charge is 2.16. The molecule has 5 heteroatoms. The first kappa shape index (κ1) is 17.4. The lowest BCUT2D eigenvalue weighted by atomic mass is 9.98. The summed E-state index contributed by atoms with van der Waals surface area (Å²) in [7, 11) is 0. The van der Waals surface area contributed by atoms with E-state index in [1.54, 1.807) is 0 Å². The van der Waals surface area contributed by atoms with E-state index < -0.39 is 0 Å². The summed E-state index contributed by atoms with van der Waals surface area (Å²) in [6.45, 7) is 4.42. The highest BCUT2D eigenvalue weighted by atomic mass is 32.2. The van der Waals surface area contributed by atoms with E-state index >= 15 is 0 Å². The van der Waals surface area contributed by atoms with Gasteiger partial charge >= 0.3 is 0 Å². The topological polar surface area (TPSA) is 39.4 Å². The van der Waals surface area contributed by atoms with Gasteiger partial charge in [0.2, 0.25) is 5.88 Å². The van der Waals surface area contributed by atoms with Gasteiger partial charge in [-0.25, -0.2) is 9.50 Å². The maximum atomic E-state index is 6.12. The van der Waals surface area contributed by atoms with Crippen molar-refractivity contribution in [3.8, 4) is 17.1 Å². The second kappa shape index (κ2) is 7.70. The summed E-state index contributed by atoms with van der Waals surface area (Å²) in [5, 5.41) is 5.28. The van der Waals surface area contributed by atoms with E-state index in [4.69, 9.17) is 9.84 Å². The van der Waals surface area contributed by atoms with Crippen LogP contribution >= 0.6 is 11.8 Å². The van der Waals surface area contributed by atoms with Crippen LogP contribution in [0.3, 0.4) is 0 Å². The first-order valence-electron chi connectivity index (χ1n) is 9.47. The van der Waals surface area contributed by atoms with E-state index in [2.05, 4.69) is 43.1 Å². The number of imidazole rings is 1. The van der Waals surface area contributed by atoms with Crippen molar-refractivity contribution in [3.05, 3.63) is 42.6 Å². The van der Waals surface area contributed by atoms with Crippen LogP contribution in [0.2, 0.25) is 0 Å². The van der Waals surface area contributed by atoms with Crippen molar-refractivity contribution in [1.82, 2.24) is 14.6 Å². The fraction of sp³-hybridized carbons (Fsp3) is 0.429. The second-order valence-electron chi connectivity index (χ2n) is 7.15. The molecule has 0 spiro atoms. The normalized spacial score (nSPS) is 15.7. The summed E-state index contributed by atoms with van der Waals surface area (Å²) in [5.74, 6) is 0.690. The molecule has 0 saturated heterocycles. The first-order valence-corrected chi connectivity index (χ1v) is 10.4. The molecule has 1 fully saturated rings. The average molecular weight is 368 g/mol. The van der Waals surface area contributed by atoms with Crippen LogP contribution in [0.5, 0.6) is 5.88 Å². The van der Waals surface area contributed by atoms with E-state index in [-0.39, 0.29) is 0 Å². The molecule has 0 radical (unpaired) electrons. The molecule has 4 nitrogen and oxygen atoms in total. The van der Waals surface area contributed by atoms with Crippen molar-refractivity contribution in [3.63, 3.8) is 0 Å². The summed E-state index contributed by atoms with van der Waals surface area (Å²) in [5.41, 5.74) is 2.96. The molecule has 2 heterocycles. The number of benzene rings is 1. The lowest BCUT2D eigenvalue weighted by Gasteiger charge is -2.22. The molecule has 0 bridgehead atoms. The second-order valence-corrected chi connectivity index (χ2v) is 8.80. The van der Waals surface area contributed by atoms with Crippen LogP contribution in [0.15, 0.2) is 47.5 Å². The largest absolute Gasteiger partial charge is 0.473 e. The minimum absolute atomic E-state index is 0.299. The Labute approximate surface area is 159 Å². The number of hydrogen-bond acceptors (Lipinski definition) is 4. The van der Waals surface area contributed by atoms with Gasteiger partial charge in [0, 0.05) is 21.8 Å². The van der Waals surface area contributed by atoms with Crippen LogP contribution in [-0.4, -0.2) is 26.0 Å². The van der Waals surface area contributed by atoms with E-state index in [0.717, 1.165) is 29.7 Å². The number of hydrogen-bond donors (Lipinski definition) is 0. The molecule has 1 aliphatic carbocycles. The van der Waals surface area contributed by atoms with Gasteiger partial charge in [-0.2, -0.15) is 0 Å². The van der Waals surface area contributed by atoms with Crippen LogP contribution in [0.1, 0.15) is 46.0 Å². The van der Waals surface area contributed by atoms with Crippen LogP contribution < -0.4 is 4.74 Å². The molecule has 4 rings (SSSR count). The van der Waals surface area contributed by atoms with Gasteiger partial charge in [-0.15, -0.1) is 16.9 Å². The van der Waals surface area contributed by atoms with Gasteiger partial charge in [0.1, 0.15) is 6.10 Å². The molecule has 1 aliphatic rings.